The summed E-state index contributed by atoms with van der Waals surface area (Å²) in [4.78, 5) is 0.169. The Bertz CT molecular complexity index is 705. The second-order valence-electron chi connectivity index (χ2n) is 5.10. The Morgan fingerprint density at radius 1 is 1.25 bits per heavy atom. The van der Waals surface area contributed by atoms with Crippen molar-refractivity contribution >= 4 is 26.0 Å². The molecule has 7 heteroatoms. The SMILES string of the molecule is Cc1[nH]ncc1S(=O)(=O)NC(C)(C)c1ccc(Br)cc1. The summed E-state index contributed by atoms with van der Waals surface area (Å²) < 4.78 is 28.4. The normalized spacial score (nSPS) is 12.6. The van der Waals surface area contributed by atoms with Gasteiger partial charge in [0.2, 0.25) is 10.0 Å². The van der Waals surface area contributed by atoms with Gasteiger partial charge in [-0.1, -0.05) is 28.1 Å². The van der Waals surface area contributed by atoms with E-state index in [1.165, 1.54) is 6.20 Å². The maximum atomic E-state index is 12.4. The molecular weight excluding hydrogens is 342 g/mol. The molecule has 0 unspecified atom stereocenters. The molecule has 1 aromatic heterocycles. The Balaban J connectivity index is 2.33. The van der Waals surface area contributed by atoms with E-state index in [1.807, 2.05) is 38.1 Å². The monoisotopic (exact) mass is 357 g/mol. The molecule has 108 valence electrons. The third-order valence-corrected chi connectivity index (χ3v) is 5.33. The number of aromatic nitrogens is 2. The largest absolute Gasteiger partial charge is 0.281 e. The van der Waals surface area contributed by atoms with Gasteiger partial charge in [0.25, 0.3) is 0 Å². The highest BCUT2D eigenvalue weighted by Crippen LogP contribution is 2.25. The van der Waals surface area contributed by atoms with Gasteiger partial charge in [-0.2, -0.15) is 5.10 Å². The van der Waals surface area contributed by atoms with Crippen molar-refractivity contribution in [1.29, 1.82) is 0 Å². The van der Waals surface area contributed by atoms with Crippen LogP contribution in [0.4, 0.5) is 0 Å². The molecule has 0 atom stereocenters. The predicted molar refractivity (Wildman–Crippen MR) is 80.8 cm³/mol. The van der Waals surface area contributed by atoms with E-state index in [9.17, 15) is 8.42 Å². The summed E-state index contributed by atoms with van der Waals surface area (Å²) in [6.07, 6.45) is 1.31. The van der Waals surface area contributed by atoms with Crippen molar-refractivity contribution in [1.82, 2.24) is 14.9 Å². The molecule has 2 N–H and O–H groups in total. The van der Waals surface area contributed by atoms with Gasteiger partial charge in [-0.15, -0.1) is 0 Å². The van der Waals surface area contributed by atoms with E-state index in [-0.39, 0.29) is 4.90 Å². The van der Waals surface area contributed by atoms with Crippen LogP contribution < -0.4 is 4.72 Å². The van der Waals surface area contributed by atoms with Crippen LogP contribution in [0.5, 0.6) is 0 Å². The van der Waals surface area contributed by atoms with Crippen LogP contribution in [0.1, 0.15) is 25.1 Å². The first-order valence-corrected chi connectivity index (χ1v) is 8.30. The van der Waals surface area contributed by atoms with Gasteiger partial charge in [0.15, 0.2) is 0 Å². The van der Waals surface area contributed by atoms with Gasteiger partial charge in [0.1, 0.15) is 4.90 Å². The van der Waals surface area contributed by atoms with Gasteiger partial charge in [-0.3, -0.25) is 5.10 Å². The fourth-order valence-corrected chi connectivity index (χ4v) is 3.73. The van der Waals surface area contributed by atoms with E-state index in [0.29, 0.717) is 5.69 Å². The Kier molecular flexibility index (Phi) is 4.04. The Hall–Kier alpha value is -1.18. The topological polar surface area (TPSA) is 74.8 Å². The second kappa shape index (κ2) is 5.31. The van der Waals surface area contributed by atoms with Crippen molar-refractivity contribution in [3.8, 4) is 0 Å². The predicted octanol–water partition coefficient (Wildman–Crippen LogP) is 2.69. The van der Waals surface area contributed by atoms with Gasteiger partial charge in [0, 0.05) is 4.47 Å². The summed E-state index contributed by atoms with van der Waals surface area (Å²) in [5.74, 6) is 0. The highest BCUT2D eigenvalue weighted by Gasteiger charge is 2.29. The van der Waals surface area contributed by atoms with Crippen LogP contribution in [-0.2, 0) is 15.6 Å². The molecule has 0 aliphatic carbocycles. The first-order valence-electron chi connectivity index (χ1n) is 6.02. The molecule has 5 nitrogen and oxygen atoms in total. The molecule has 0 aliphatic rings. The lowest BCUT2D eigenvalue weighted by Gasteiger charge is -2.26. The van der Waals surface area contributed by atoms with E-state index < -0.39 is 15.6 Å². The average molecular weight is 358 g/mol. The minimum atomic E-state index is -3.62. The van der Waals surface area contributed by atoms with Crippen molar-refractivity contribution < 1.29 is 8.42 Å². The lowest BCUT2D eigenvalue weighted by Crippen LogP contribution is -2.41. The number of sulfonamides is 1. The standard InChI is InChI=1S/C13H16BrN3O2S/c1-9-12(8-15-16-9)20(18,19)17-13(2,3)10-4-6-11(14)7-5-10/h4-8,17H,1-3H3,(H,15,16). The van der Waals surface area contributed by atoms with Crippen molar-refractivity contribution in [2.45, 2.75) is 31.2 Å². The summed E-state index contributed by atoms with van der Waals surface area (Å²) in [6.45, 7) is 5.32. The van der Waals surface area contributed by atoms with Gasteiger partial charge in [-0.25, -0.2) is 13.1 Å². The number of hydrogen-bond acceptors (Lipinski definition) is 3. The molecule has 0 radical (unpaired) electrons. The maximum Gasteiger partial charge on any atom is 0.244 e. The fraction of sp³-hybridized carbons (Fsp3) is 0.308. The molecule has 0 fully saturated rings. The van der Waals surface area contributed by atoms with Gasteiger partial charge in [-0.05, 0) is 38.5 Å². The molecule has 2 rings (SSSR count). The first-order chi connectivity index (χ1) is 9.22. The second-order valence-corrected chi connectivity index (χ2v) is 7.66. The minimum Gasteiger partial charge on any atom is -0.281 e. The van der Waals surface area contributed by atoms with Crippen LogP contribution in [0.25, 0.3) is 0 Å². The molecule has 0 saturated carbocycles. The lowest BCUT2D eigenvalue weighted by atomic mass is 9.96. The number of nitrogens with one attached hydrogen (secondary N) is 2. The molecular formula is C13H16BrN3O2S. The van der Waals surface area contributed by atoms with E-state index in [1.54, 1.807) is 6.92 Å². The van der Waals surface area contributed by atoms with Gasteiger partial charge < -0.3 is 0 Å². The van der Waals surface area contributed by atoms with Crippen LogP contribution in [-0.4, -0.2) is 18.6 Å². The zero-order chi connectivity index (χ0) is 15.0. The maximum absolute atomic E-state index is 12.4. The van der Waals surface area contributed by atoms with E-state index in [4.69, 9.17) is 0 Å². The van der Waals surface area contributed by atoms with Gasteiger partial charge in [0.05, 0.1) is 17.4 Å². The van der Waals surface area contributed by atoms with Crippen LogP contribution in [0.3, 0.4) is 0 Å². The van der Waals surface area contributed by atoms with Crippen LogP contribution in [0, 0.1) is 6.92 Å². The quantitative estimate of drug-likeness (QED) is 0.883. The fourth-order valence-electron chi connectivity index (χ4n) is 1.93. The summed E-state index contributed by atoms with van der Waals surface area (Å²) in [6, 6.07) is 7.53. The van der Waals surface area contributed by atoms with Crippen molar-refractivity contribution in [2.24, 2.45) is 0 Å². The Morgan fingerprint density at radius 3 is 2.35 bits per heavy atom. The highest BCUT2D eigenvalue weighted by molar-refractivity contribution is 9.10. The molecule has 0 amide bonds. The zero-order valence-corrected chi connectivity index (χ0v) is 13.8. The number of halogens is 1. The molecule has 20 heavy (non-hydrogen) atoms. The van der Waals surface area contributed by atoms with E-state index in [2.05, 4.69) is 30.8 Å². The van der Waals surface area contributed by atoms with Crippen molar-refractivity contribution in [3.05, 3.63) is 46.2 Å². The summed E-state index contributed by atoms with van der Waals surface area (Å²) in [7, 11) is -3.62. The Morgan fingerprint density at radius 2 is 1.85 bits per heavy atom. The summed E-state index contributed by atoms with van der Waals surface area (Å²) in [5.41, 5.74) is 0.679. The van der Waals surface area contributed by atoms with Crippen LogP contribution >= 0.6 is 15.9 Å². The molecule has 0 aliphatic heterocycles. The number of rotatable bonds is 4. The zero-order valence-electron chi connectivity index (χ0n) is 11.4. The third-order valence-electron chi connectivity index (χ3n) is 3.03. The van der Waals surface area contributed by atoms with Crippen molar-refractivity contribution in [3.63, 3.8) is 0 Å². The number of hydrogen-bond donors (Lipinski definition) is 2. The van der Waals surface area contributed by atoms with Gasteiger partial charge >= 0.3 is 0 Å². The molecule has 0 bridgehead atoms. The summed E-state index contributed by atoms with van der Waals surface area (Å²) in [5, 5.41) is 6.38. The van der Waals surface area contributed by atoms with E-state index >= 15 is 0 Å². The highest BCUT2D eigenvalue weighted by atomic mass is 79.9. The number of benzene rings is 1. The minimum absolute atomic E-state index is 0.169. The molecule has 1 aromatic carbocycles. The first kappa shape index (κ1) is 15.2. The number of aromatic amines is 1. The Labute approximate surface area is 127 Å². The molecule has 2 aromatic rings. The number of aryl methyl sites for hydroxylation is 1. The molecule has 0 saturated heterocycles. The van der Waals surface area contributed by atoms with Crippen LogP contribution in [0.15, 0.2) is 39.8 Å². The van der Waals surface area contributed by atoms with E-state index in [0.717, 1.165) is 10.0 Å². The average Bonchev–Trinajstić information content (AvgIpc) is 2.75. The third kappa shape index (κ3) is 3.11. The van der Waals surface area contributed by atoms with Crippen molar-refractivity contribution in [2.75, 3.05) is 0 Å². The lowest BCUT2D eigenvalue weighted by molar-refractivity contribution is 0.472. The smallest absolute Gasteiger partial charge is 0.244 e. The molecule has 1 heterocycles. The summed E-state index contributed by atoms with van der Waals surface area (Å²) >= 11 is 3.36. The number of H-pyrrole nitrogens is 1. The number of nitrogens with zero attached hydrogens (tertiary/aromatic N) is 1. The van der Waals surface area contributed by atoms with Crippen LogP contribution in [0.2, 0.25) is 0 Å². The molecule has 0 spiro atoms.